The van der Waals surface area contributed by atoms with Crippen molar-refractivity contribution in [3.63, 3.8) is 0 Å². The van der Waals surface area contributed by atoms with Crippen LogP contribution in [0.3, 0.4) is 0 Å². The normalized spacial score (nSPS) is 12.2. The Hall–Kier alpha value is -1.86. The summed E-state index contributed by atoms with van der Waals surface area (Å²) in [5.74, 6) is -0.542. The van der Waals surface area contributed by atoms with Gasteiger partial charge < -0.3 is 20.7 Å². The number of hydrogen-bond acceptors (Lipinski definition) is 6. The lowest BCUT2D eigenvalue weighted by Crippen LogP contribution is -2.12. The maximum atomic E-state index is 10.7. The van der Waals surface area contributed by atoms with Crippen LogP contribution >= 0.6 is 0 Å². The van der Waals surface area contributed by atoms with Gasteiger partial charge in [-0.2, -0.15) is 0 Å². The van der Waals surface area contributed by atoms with Gasteiger partial charge >= 0.3 is 5.69 Å². The lowest BCUT2D eigenvalue weighted by Gasteiger charge is -2.12. The highest BCUT2D eigenvalue weighted by Crippen LogP contribution is 2.38. The van der Waals surface area contributed by atoms with Gasteiger partial charge in [0.1, 0.15) is 0 Å². The molecule has 0 aromatic heterocycles. The molecule has 0 aliphatic rings. The monoisotopic (exact) mass is 242 g/mol. The van der Waals surface area contributed by atoms with E-state index < -0.39 is 22.4 Å². The van der Waals surface area contributed by atoms with E-state index in [1.807, 2.05) is 0 Å². The van der Waals surface area contributed by atoms with Gasteiger partial charge in [0, 0.05) is 18.7 Å². The fraction of sp³-hybridized carbons (Fsp3) is 0.400. The number of nitrogens with two attached hydrogens (primary N) is 1. The van der Waals surface area contributed by atoms with Gasteiger partial charge in [-0.05, 0) is 18.1 Å². The Morgan fingerprint density at radius 1 is 1.59 bits per heavy atom. The third kappa shape index (κ3) is 2.83. The molecule has 0 aliphatic heterocycles. The van der Waals surface area contributed by atoms with Gasteiger partial charge in [0.25, 0.3) is 0 Å². The van der Waals surface area contributed by atoms with E-state index in [0.717, 1.165) is 0 Å². The second-order valence-electron chi connectivity index (χ2n) is 3.47. The predicted molar refractivity (Wildman–Crippen MR) is 59.9 cm³/mol. The molecular weight excluding hydrogens is 228 g/mol. The summed E-state index contributed by atoms with van der Waals surface area (Å²) in [5, 5.41) is 29.0. The first-order valence-corrected chi connectivity index (χ1v) is 4.93. The van der Waals surface area contributed by atoms with Crippen molar-refractivity contribution in [3.05, 3.63) is 27.8 Å². The first-order chi connectivity index (χ1) is 8.01. The van der Waals surface area contributed by atoms with Crippen molar-refractivity contribution in [3.8, 4) is 11.5 Å². The van der Waals surface area contributed by atoms with Crippen LogP contribution in [0.5, 0.6) is 11.5 Å². The van der Waals surface area contributed by atoms with Gasteiger partial charge in [0.05, 0.1) is 12.0 Å². The molecule has 0 spiro atoms. The molecule has 0 fully saturated rings. The van der Waals surface area contributed by atoms with Gasteiger partial charge in [-0.15, -0.1) is 0 Å². The first-order valence-electron chi connectivity index (χ1n) is 4.93. The number of phenols is 1. The van der Waals surface area contributed by atoms with E-state index in [4.69, 9.17) is 15.6 Å². The number of nitrogens with zero attached hydrogens (tertiary/aromatic N) is 1. The summed E-state index contributed by atoms with van der Waals surface area (Å²) in [5.41, 5.74) is 5.69. The Balaban J connectivity index is 3.24. The number of methoxy groups -OCH3 is 1. The summed E-state index contributed by atoms with van der Waals surface area (Å²) in [6.07, 6.45) is 0.269. The minimum atomic E-state index is -0.715. The van der Waals surface area contributed by atoms with E-state index >= 15 is 0 Å². The summed E-state index contributed by atoms with van der Waals surface area (Å²) in [7, 11) is 1.29. The maximum Gasteiger partial charge on any atom is 0.314 e. The third-order valence-electron chi connectivity index (χ3n) is 2.36. The zero-order chi connectivity index (χ0) is 13.0. The molecular formula is C10H14N2O5. The van der Waals surface area contributed by atoms with Crippen molar-refractivity contribution in [1.29, 1.82) is 0 Å². The molecule has 1 atom stereocenters. The second-order valence-corrected chi connectivity index (χ2v) is 3.47. The molecule has 1 aromatic rings. The number of hydrogen-bond donors (Lipinski definition) is 3. The lowest BCUT2D eigenvalue weighted by molar-refractivity contribution is -0.386. The largest absolute Gasteiger partial charge is 0.500 e. The number of nitro benzene ring substituents is 1. The molecule has 0 aliphatic carbocycles. The molecule has 7 heteroatoms. The van der Waals surface area contributed by atoms with E-state index in [9.17, 15) is 15.2 Å². The van der Waals surface area contributed by atoms with Crippen LogP contribution in [0.25, 0.3) is 0 Å². The van der Waals surface area contributed by atoms with Crippen LogP contribution in [-0.4, -0.2) is 28.9 Å². The van der Waals surface area contributed by atoms with Gasteiger partial charge in [-0.1, -0.05) is 0 Å². The number of aliphatic hydroxyl groups excluding tert-OH is 1. The molecule has 1 aromatic carbocycles. The predicted octanol–water partition coefficient (Wildman–Crippen LogP) is 0.691. The maximum absolute atomic E-state index is 10.7. The standard InChI is InChI=1S/C10H14N2O5/c1-17-9-5-6(7(11)2-3-13)4-8(10(9)14)12(15)16/h4-5,7,13-14H,2-3,11H2,1H3/t7-/m1/s1. The number of nitro groups is 1. The minimum Gasteiger partial charge on any atom is -0.500 e. The number of aromatic hydroxyl groups is 1. The quantitative estimate of drug-likeness (QED) is 0.516. The zero-order valence-corrected chi connectivity index (χ0v) is 9.29. The summed E-state index contributed by atoms with van der Waals surface area (Å²) < 4.78 is 4.83. The van der Waals surface area contributed by atoms with E-state index in [0.29, 0.717) is 5.56 Å². The Morgan fingerprint density at radius 2 is 2.24 bits per heavy atom. The van der Waals surface area contributed by atoms with Gasteiger partial charge in [0.2, 0.25) is 5.75 Å². The molecule has 0 bridgehead atoms. The van der Waals surface area contributed by atoms with Gasteiger partial charge in [-0.3, -0.25) is 10.1 Å². The summed E-state index contributed by atoms with van der Waals surface area (Å²) in [4.78, 5) is 10.0. The Bertz CT molecular complexity index is 421. The van der Waals surface area contributed by atoms with Crippen molar-refractivity contribution in [2.75, 3.05) is 13.7 Å². The zero-order valence-electron chi connectivity index (χ0n) is 9.29. The Kier molecular flexibility index (Phi) is 4.24. The van der Waals surface area contributed by atoms with Crippen LogP contribution in [0.4, 0.5) is 5.69 Å². The molecule has 1 rings (SSSR count). The van der Waals surface area contributed by atoms with Crippen LogP contribution in [-0.2, 0) is 0 Å². The molecule has 17 heavy (non-hydrogen) atoms. The molecule has 0 saturated carbocycles. The average Bonchev–Trinajstić information content (AvgIpc) is 2.29. The van der Waals surface area contributed by atoms with E-state index in [1.54, 1.807) is 0 Å². The van der Waals surface area contributed by atoms with E-state index in [-0.39, 0.29) is 18.8 Å². The molecule has 0 heterocycles. The summed E-state index contributed by atoms with van der Waals surface area (Å²) in [6.45, 7) is -0.127. The van der Waals surface area contributed by atoms with Gasteiger partial charge in [-0.25, -0.2) is 0 Å². The highest BCUT2D eigenvalue weighted by Gasteiger charge is 2.21. The van der Waals surface area contributed by atoms with Gasteiger partial charge in [0.15, 0.2) is 5.75 Å². The minimum absolute atomic E-state index is 0.0115. The number of aliphatic hydroxyl groups is 1. The van der Waals surface area contributed by atoms with E-state index in [2.05, 4.69) is 0 Å². The topological polar surface area (TPSA) is 119 Å². The van der Waals surface area contributed by atoms with Crippen molar-refractivity contribution >= 4 is 5.69 Å². The Morgan fingerprint density at radius 3 is 2.71 bits per heavy atom. The van der Waals surface area contributed by atoms with Crippen molar-refractivity contribution < 1.29 is 19.9 Å². The average molecular weight is 242 g/mol. The smallest absolute Gasteiger partial charge is 0.314 e. The van der Waals surface area contributed by atoms with E-state index in [1.165, 1.54) is 19.2 Å². The van der Waals surface area contributed by atoms with Crippen LogP contribution < -0.4 is 10.5 Å². The first kappa shape index (κ1) is 13.2. The lowest BCUT2D eigenvalue weighted by atomic mass is 10.0. The highest BCUT2D eigenvalue weighted by atomic mass is 16.6. The van der Waals surface area contributed by atoms with Crippen LogP contribution in [0.2, 0.25) is 0 Å². The molecule has 0 radical (unpaired) electrons. The van der Waals surface area contributed by atoms with Crippen LogP contribution in [0.1, 0.15) is 18.0 Å². The number of ether oxygens (including phenoxy) is 1. The molecule has 0 unspecified atom stereocenters. The summed E-state index contributed by atoms with van der Waals surface area (Å²) in [6, 6.07) is 2.05. The second kappa shape index (κ2) is 5.46. The summed E-state index contributed by atoms with van der Waals surface area (Å²) >= 11 is 0. The van der Waals surface area contributed by atoms with Crippen LogP contribution in [0, 0.1) is 10.1 Å². The highest BCUT2D eigenvalue weighted by molar-refractivity contribution is 5.57. The number of phenolic OH excluding ortho intramolecular Hbond substituents is 1. The van der Waals surface area contributed by atoms with Crippen LogP contribution in [0.15, 0.2) is 12.1 Å². The third-order valence-corrected chi connectivity index (χ3v) is 2.36. The molecule has 94 valence electrons. The Labute approximate surface area is 97.6 Å². The van der Waals surface area contributed by atoms with Crippen molar-refractivity contribution in [1.82, 2.24) is 0 Å². The molecule has 0 saturated heterocycles. The number of rotatable bonds is 5. The number of benzene rings is 1. The SMILES string of the molecule is COc1cc([C@H](N)CCO)cc([N+](=O)[O-])c1O. The fourth-order valence-electron chi connectivity index (χ4n) is 1.43. The van der Waals surface area contributed by atoms with Crippen molar-refractivity contribution in [2.24, 2.45) is 5.73 Å². The molecule has 4 N–H and O–H groups in total. The fourth-order valence-corrected chi connectivity index (χ4v) is 1.43. The molecule has 7 nitrogen and oxygen atoms in total. The van der Waals surface area contributed by atoms with Crippen molar-refractivity contribution in [2.45, 2.75) is 12.5 Å². The molecule has 0 amide bonds.